The lowest BCUT2D eigenvalue weighted by Gasteiger charge is -2.39. The summed E-state index contributed by atoms with van der Waals surface area (Å²) in [6.07, 6.45) is -3.87. The van der Waals surface area contributed by atoms with Crippen LogP contribution >= 0.6 is 7.82 Å². The van der Waals surface area contributed by atoms with Crippen molar-refractivity contribution >= 4 is 37.9 Å². The van der Waals surface area contributed by atoms with Gasteiger partial charge in [0.25, 0.3) is 0 Å². The minimum Gasteiger partial charge on any atom is -0.481 e. The Balaban J connectivity index is 1.95. The van der Waals surface area contributed by atoms with Crippen molar-refractivity contribution in [1.29, 1.82) is 0 Å². The number of esters is 1. The van der Waals surface area contributed by atoms with Crippen LogP contribution in [0.25, 0.3) is 0 Å². The van der Waals surface area contributed by atoms with E-state index in [4.69, 9.17) is 32.9 Å². The summed E-state index contributed by atoms with van der Waals surface area (Å²) in [5, 5.41) is 11.1. The highest BCUT2D eigenvalue weighted by atomic mass is 31.2. The third-order valence-electron chi connectivity index (χ3n) is 4.56. The summed E-state index contributed by atoms with van der Waals surface area (Å²) in [7, 11) is -4.37. The van der Waals surface area contributed by atoms with Gasteiger partial charge in [0.1, 0.15) is 12.2 Å². The maximum Gasteiger partial charge on any atom is 0.478 e. The van der Waals surface area contributed by atoms with E-state index < -0.39 is 74.4 Å². The van der Waals surface area contributed by atoms with Crippen molar-refractivity contribution in [3.8, 4) is 0 Å². The quantitative estimate of drug-likeness (QED) is 0.200. The molecule has 0 saturated carbocycles. The molecule has 3 atom stereocenters. The van der Waals surface area contributed by atoms with E-state index in [0.29, 0.717) is 4.90 Å². The molecule has 2 rings (SSSR count). The van der Waals surface area contributed by atoms with Crippen LogP contribution < -0.4 is 5.32 Å². The fourth-order valence-electron chi connectivity index (χ4n) is 2.83. The second kappa shape index (κ2) is 10.9. The molecule has 2 aliphatic heterocycles. The summed E-state index contributed by atoms with van der Waals surface area (Å²) < 4.78 is 42.8. The van der Waals surface area contributed by atoms with E-state index in [1.807, 2.05) is 0 Å². The van der Waals surface area contributed by atoms with E-state index in [2.05, 4.69) is 5.32 Å². The molecular weight excluding hydrogens is 495 g/mol. The molecule has 35 heavy (non-hydrogen) atoms. The Hall–Kier alpha value is -2.74. The van der Waals surface area contributed by atoms with Gasteiger partial charge in [-0.25, -0.2) is 23.5 Å². The SMILES string of the molecule is CC(C)(C)OC(=O)N1C(=O)OC[C@@H]1C(=O)OCOP1(=O)OCC(C)(C)[C@H](C(=O)NCCC(=O)O)O1. The first-order valence-corrected chi connectivity index (χ1v) is 11.9. The topological polar surface area (TPSA) is 193 Å². The number of imide groups is 1. The fourth-order valence-corrected chi connectivity index (χ4v) is 4.34. The van der Waals surface area contributed by atoms with Gasteiger partial charge in [-0.05, 0) is 20.8 Å². The summed E-state index contributed by atoms with van der Waals surface area (Å²) in [5.74, 6) is -2.96. The van der Waals surface area contributed by atoms with Crippen molar-refractivity contribution in [2.75, 3.05) is 26.6 Å². The van der Waals surface area contributed by atoms with Gasteiger partial charge in [-0.1, -0.05) is 13.8 Å². The molecule has 0 aromatic carbocycles. The number of hydrogen-bond acceptors (Lipinski definition) is 12. The number of carbonyl (C=O) groups is 5. The number of phosphoric acid groups is 1. The van der Waals surface area contributed by atoms with Gasteiger partial charge in [0, 0.05) is 12.0 Å². The standard InChI is InChI=1S/C19H29N2O13P/c1-18(2,3)33-17(27)21-11(8-29-16(21)26)15(25)30-10-32-35(28)31-9-19(4,5)13(34-35)14(24)20-7-6-12(22)23/h11,13H,6-10H2,1-5H3,(H,20,24)(H,22,23)/t11-,13+,35?/m1/s1. The van der Waals surface area contributed by atoms with Crippen LogP contribution in [-0.2, 0) is 46.7 Å². The molecule has 2 heterocycles. The number of hydrogen-bond donors (Lipinski definition) is 2. The summed E-state index contributed by atoms with van der Waals surface area (Å²) in [5.41, 5.74) is -1.90. The molecule has 0 bridgehead atoms. The molecular formula is C19H29N2O13P. The Kier molecular flexibility index (Phi) is 8.87. The van der Waals surface area contributed by atoms with Crippen LogP contribution in [-0.4, -0.2) is 84.3 Å². The van der Waals surface area contributed by atoms with Crippen molar-refractivity contribution in [3.63, 3.8) is 0 Å². The molecule has 0 radical (unpaired) electrons. The maximum absolute atomic E-state index is 12.8. The fraction of sp³-hybridized carbons (Fsp3) is 0.737. The lowest BCUT2D eigenvalue weighted by atomic mass is 9.87. The second-order valence-corrected chi connectivity index (χ2v) is 10.9. The molecule has 2 fully saturated rings. The number of amides is 3. The predicted molar refractivity (Wildman–Crippen MR) is 113 cm³/mol. The van der Waals surface area contributed by atoms with Crippen LogP contribution in [0.1, 0.15) is 41.0 Å². The zero-order valence-electron chi connectivity index (χ0n) is 19.9. The van der Waals surface area contributed by atoms with Crippen LogP contribution in [0.4, 0.5) is 9.59 Å². The van der Waals surface area contributed by atoms with Crippen LogP contribution in [0, 0.1) is 5.41 Å². The van der Waals surface area contributed by atoms with Crippen LogP contribution in [0.2, 0.25) is 0 Å². The number of rotatable bonds is 8. The average Bonchev–Trinajstić information content (AvgIpc) is 3.10. The number of phosphoric ester groups is 1. The summed E-state index contributed by atoms with van der Waals surface area (Å²) >= 11 is 0. The van der Waals surface area contributed by atoms with E-state index in [0.717, 1.165) is 0 Å². The first-order chi connectivity index (χ1) is 16.0. The molecule has 2 aliphatic rings. The Morgan fingerprint density at radius 2 is 1.91 bits per heavy atom. The maximum atomic E-state index is 12.8. The number of nitrogens with zero attached hydrogens (tertiary/aromatic N) is 1. The highest BCUT2D eigenvalue weighted by Crippen LogP contribution is 2.57. The van der Waals surface area contributed by atoms with Crippen molar-refractivity contribution < 1.29 is 61.4 Å². The van der Waals surface area contributed by atoms with Crippen molar-refractivity contribution in [1.82, 2.24) is 10.2 Å². The number of carbonyl (C=O) groups excluding carboxylic acids is 4. The Bertz CT molecular complexity index is 913. The molecule has 2 N–H and O–H groups in total. The molecule has 0 aliphatic carbocycles. The molecule has 0 spiro atoms. The van der Waals surface area contributed by atoms with Crippen molar-refractivity contribution in [2.45, 2.75) is 58.8 Å². The molecule has 0 aromatic heterocycles. The van der Waals surface area contributed by atoms with E-state index in [-0.39, 0.29) is 19.6 Å². The third-order valence-corrected chi connectivity index (χ3v) is 5.90. The van der Waals surface area contributed by atoms with E-state index in [1.54, 1.807) is 34.6 Å². The van der Waals surface area contributed by atoms with Gasteiger partial charge in [-0.3, -0.25) is 18.6 Å². The van der Waals surface area contributed by atoms with Gasteiger partial charge in [0.15, 0.2) is 12.1 Å². The minimum absolute atomic E-state index is 0.177. The van der Waals surface area contributed by atoms with Crippen molar-refractivity contribution in [2.24, 2.45) is 5.41 Å². The average molecular weight is 524 g/mol. The van der Waals surface area contributed by atoms with Crippen LogP contribution in [0.5, 0.6) is 0 Å². The summed E-state index contributed by atoms with van der Waals surface area (Å²) in [6, 6.07) is -1.47. The lowest BCUT2D eigenvalue weighted by molar-refractivity contribution is -0.159. The van der Waals surface area contributed by atoms with Crippen molar-refractivity contribution in [3.05, 3.63) is 0 Å². The molecule has 1 unspecified atom stereocenters. The predicted octanol–water partition coefficient (Wildman–Crippen LogP) is 1.40. The summed E-state index contributed by atoms with van der Waals surface area (Å²) in [6.45, 7) is 6.03. The number of cyclic esters (lactones) is 1. The second-order valence-electron chi connectivity index (χ2n) is 9.28. The highest BCUT2D eigenvalue weighted by Gasteiger charge is 2.50. The van der Waals surface area contributed by atoms with Gasteiger partial charge in [-0.15, -0.1) is 0 Å². The molecule has 3 amide bonds. The molecule has 15 nitrogen and oxygen atoms in total. The monoisotopic (exact) mass is 524 g/mol. The number of nitrogens with one attached hydrogen (secondary N) is 1. The molecule has 2 saturated heterocycles. The third kappa shape index (κ3) is 7.88. The molecule has 0 aromatic rings. The van der Waals surface area contributed by atoms with Crippen LogP contribution in [0.15, 0.2) is 0 Å². The Labute approximate surface area is 200 Å². The Morgan fingerprint density at radius 1 is 1.26 bits per heavy atom. The highest BCUT2D eigenvalue weighted by molar-refractivity contribution is 7.48. The zero-order valence-corrected chi connectivity index (χ0v) is 20.8. The molecule has 198 valence electrons. The molecule has 16 heteroatoms. The van der Waals surface area contributed by atoms with Gasteiger partial charge in [-0.2, -0.15) is 4.90 Å². The zero-order chi connectivity index (χ0) is 26.6. The van der Waals surface area contributed by atoms with Gasteiger partial charge < -0.3 is 24.6 Å². The normalized spacial score (nSPS) is 26.0. The lowest BCUT2D eigenvalue weighted by Crippen LogP contribution is -2.50. The largest absolute Gasteiger partial charge is 0.481 e. The number of carboxylic acids is 1. The summed E-state index contributed by atoms with van der Waals surface area (Å²) in [4.78, 5) is 60.0. The number of aliphatic carboxylic acids is 1. The van der Waals surface area contributed by atoms with E-state index in [1.165, 1.54) is 0 Å². The Morgan fingerprint density at radius 3 is 2.51 bits per heavy atom. The van der Waals surface area contributed by atoms with Gasteiger partial charge in [0.05, 0.1) is 13.0 Å². The number of carboxylic acid groups (broad SMARTS) is 1. The van der Waals surface area contributed by atoms with Crippen LogP contribution in [0.3, 0.4) is 0 Å². The van der Waals surface area contributed by atoms with E-state index >= 15 is 0 Å². The number of ether oxygens (including phenoxy) is 3. The van der Waals surface area contributed by atoms with E-state index in [9.17, 15) is 28.5 Å². The first kappa shape index (κ1) is 28.5. The van der Waals surface area contributed by atoms with Gasteiger partial charge >= 0.3 is 31.9 Å². The smallest absolute Gasteiger partial charge is 0.478 e. The first-order valence-electron chi connectivity index (χ1n) is 10.5. The minimum atomic E-state index is -4.37. The van der Waals surface area contributed by atoms with Gasteiger partial charge in [0.2, 0.25) is 12.7 Å².